The van der Waals surface area contributed by atoms with Crippen LogP contribution in [0.5, 0.6) is 0 Å². The molecule has 0 heterocycles. The van der Waals surface area contributed by atoms with E-state index >= 15 is 0 Å². The molecule has 0 aliphatic heterocycles. The number of aliphatic hydroxyl groups is 2. The Balaban J connectivity index is 0.00000256. The van der Waals surface area contributed by atoms with Gasteiger partial charge in [0.15, 0.2) is 0 Å². The Morgan fingerprint density at radius 3 is 2.53 bits per heavy atom. The summed E-state index contributed by atoms with van der Waals surface area (Å²) in [5.41, 5.74) is -0.293. The third-order valence-corrected chi connectivity index (χ3v) is 10.1. The van der Waals surface area contributed by atoms with Crippen LogP contribution in [0.4, 0.5) is 0 Å². The first kappa shape index (κ1) is 24.7. The van der Waals surface area contributed by atoms with E-state index in [4.69, 9.17) is 0 Å². The SMILES string of the molecule is C[C@H](CCC(=O)[O-])[C@H]1CCC2C3C(=O)CC4CC(O)CC[C@]4(C)C3CC(O)[C@@]21C.[Na+]. The second-order valence-corrected chi connectivity index (χ2v) is 11.2. The largest absolute Gasteiger partial charge is 1.00 e. The molecule has 0 radical (unpaired) electrons. The van der Waals surface area contributed by atoms with Crippen molar-refractivity contribution in [2.24, 2.45) is 46.3 Å². The predicted molar refractivity (Wildman–Crippen MR) is 106 cm³/mol. The summed E-state index contributed by atoms with van der Waals surface area (Å²) >= 11 is 0. The molecule has 0 amide bonds. The van der Waals surface area contributed by atoms with E-state index in [0.29, 0.717) is 31.5 Å². The first-order chi connectivity index (χ1) is 13.6. The number of hydrogen-bond acceptors (Lipinski definition) is 5. The van der Waals surface area contributed by atoms with E-state index in [1.54, 1.807) is 0 Å². The van der Waals surface area contributed by atoms with Gasteiger partial charge in [-0.3, -0.25) is 4.79 Å². The minimum absolute atomic E-state index is 0. The molecule has 4 rings (SSSR count). The van der Waals surface area contributed by atoms with Crippen LogP contribution in [0.1, 0.15) is 78.6 Å². The van der Waals surface area contributed by atoms with Crippen molar-refractivity contribution in [3.8, 4) is 0 Å². The van der Waals surface area contributed by atoms with Gasteiger partial charge in [-0.15, -0.1) is 0 Å². The summed E-state index contributed by atoms with van der Waals surface area (Å²) in [5, 5.41) is 32.5. The Labute approximate surface area is 202 Å². The van der Waals surface area contributed by atoms with Crippen molar-refractivity contribution in [3.05, 3.63) is 0 Å². The molecule has 0 saturated heterocycles. The molecular formula is C24H37NaO5. The summed E-state index contributed by atoms with van der Waals surface area (Å²) in [6.07, 6.45) is 5.47. The zero-order valence-corrected chi connectivity index (χ0v) is 21.1. The Morgan fingerprint density at radius 1 is 1.17 bits per heavy atom. The van der Waals surface area contributed by atoms with Crippen molar-refractivity contribution in [3.63, 3.8) is 0 Å². The van der Waals surface area contributed by atoms with Gasteiger partial charge < -0.3 is 20.1 Å². The normalized spacial score (nSPS) is 48.7. The van der Waals surface area contributed by atoms with Crippen molar-refractivity contribution in [1.82, 2.24) is 0 Å². The summed E-state index contributed by atoms with van der Waals surface area (Å²) in [7, 11) is 0. The van der Waals surface area contributed by atoms with Gasteiger partial charge in [-0.05, 0) is 86.4 Å². The minimum Gasteiger partial charge on any atom is -0.550 e. The minimum atomic E-state index is -1.01. The standard InChI is InChI=1S/C24H38O5.Na/c1-13(4-7-21(28)29)16-5-6-17-22-18(12-20(27)24(16,17)3)23(2)9-8-15(25)10-14(23)11-19(22)26;/h13-18,20,22,25,27H,4-12H2,1-3H3,(H,28,29);/q;+1/p-1/t13-,14?,15?,16-,17?,18?,20?,22?,23+,24-;/m1./s1. The molecule has 0 aromatic carbocycles. The Morgan fingerprint density at radius 2 is 1.87 bits per heavy atom. The average Bonchev–Trinajstić information content (AvgIpc) is 3.01. The van der Waals surface area contributed by atoms with E-state index in [1.807, 2.05) is 0 Å². The Bertz CT molecular complexity index is 683. The molecule has 0 aromatic rings. The van der Waals surface area contributed by atoms with Gasteiger partial charge in [-0.1, -0.05) is 20.8 Å². The molecule has 2 N–H and O–H groups in total. The number of aliphatic hydroxyl groups excluding tert-OH is 2. The number of carbonyl (C=O) groups is 2. The fraction of sp³-hybridized carbons (Fsp3) is 0.917. The molecule has 4 aliphatic carbocycles. The van der Waals surface area contributed by atoms with Crippen molar-refractivity contribution in [1.29, 1.82) is 0 Å². The molecule has 4 fully saturated rings. The summed E-state index contributed by atoms with van der Waals surface area (Å²) in [5.74, 6) is 0.402. The molecule has 4 saturated carbocycles. The molecule has 4 aliphatic rings. The number of hydrogen-bond donors (Lipinski definition) is 2. The summed E-state index contributed by atoms with van der Waals surface area (Å²) in [4.78, 5) is 24.3. The fourth-order valence-electron chi connectivity index (χ4n) is 8.39. The van der Waals surface area contributed by atoms with E-state index < -0.39 is 12.1 Å². The Kier molecular flexibility index (Phi) is 7.23. The zero-order valence-electron chi connectivity index (χ0n) is 19.1. The second kappa shape index (κ2) is 8.78. The van der Waals surface area contributed by atoms with E-state index in [0.717, 1.165) is 25.7 Å². The smallest absolute Gasteiger partial charge is 0.550 e. The van der Waals surface area contributed by atoms with Gasteiger partial charge in [-0.25, -0.2) is 0 Å². The molecule has 6 heteroatoms. The Hall–Kier alpha value is 0.0600. The van der Waals surface area contributed by atoms with Gasteiger partial charge in [0.25, 0.3) is 0 Å². The molecule has 164 valence electrons. The molecule has 6 unspecified atom stereocenters. The summed E-state index contributed by atoms with van der Waals surface area (Å²) < 4.78 is 0. The van der Waals surface area contributed by atoms with Gasteiger partial charge in [-0.2, -0.15) is 0 Å². The fourth-order valence-corrected chi connectivity index (χ4v) is 8.39. The maximum atomic E-state index is 13.4. The number of carbonyl (C=O) groups excluding carboxylic acids is 2. The van der Waals surface area contributed by atoms with Crippen LogP contribution in [-0.2, 0) is 9.59 Å². The molecule has 30 heavy (non-hydrogen) atoms. The van der Waals surface area contributed by atoms with Crippen LogP contribution in [0.2, 0.25) is 0 Å². The van der Waals surface area contributed by atoms with Gasteiger partial charge in [0.1, 0.15) is 5.78 Å². The van der Waals surface area contributed by atoms with Crippen molar-refractivity contribution >= 4 is 11.8 Å². The van der Waals surface area contributed by atoms with Gasteiger partial charge in [0.05, 0.1) is 12.2 Å². The average molecular weight is 429 g/mol. The van der Waals surface area contributed by atoms with Crippen molar-refractivity contribution in [2.75, 3.05) is 0 Å². The number of aliphatic carboxylic acids is 1. The van der Waals surface area contributed by atoms with Crippen molar-refractivity contribution in [2.45, 2.75) is 90.8 Å². The molecule has 10 atom stereocenters. The monoisotopic (exact) mass is 428 g/mol. The number of Topliss-reactive ketones (excluding diaryl/α,β-unsaturated/α-hetero) is 1. The first-order valence-electron chi connectivity index (χ1n) is 11.7. The van der Waals surface area contributed by atoms with E-state index in [2.05, 4.69) is 20.8 Å². The van der Waals surface area contributed by atoms with E-state index in [9.17, 15) is 24.9 Å². The summed E-state index contributed by atoms with van der Waals surface area (Å²) in [6, 6.07) is 0. The molecule has 0 spiro atoms. The molecular weight excluding hydrogens is 391 g/mol. The van der Waals surface area contributed by atoms with Gasteiger partial charge >= 0.3 is 29.6 Å². The van der Waals surface area contributed by atoms with Crippen LogP contribution < -0.4 is 34.7 Å². The third kappa shape index (κ3) is 3.75. The number of carboxylic acids is 1. The molecule has 0 aromatic heterocycles. The van der Waals surface area contributed by atoms with Crippen LogP contribution in [0.3, 0.4) is 0 Å². The van der Waals surface area contributed by atoms with Crippen LogP contribution in [0.25, 0.3) is 0 Å². The molecule has 0 bridgehead atoms. The van der Waals surface area contributed by atoms with Crippen LogP contribution in [-0.4, -0.2) is 34.2 Å². The number of rotatable bonds is 4. The van der Waals surface area contributed by atoms with Crippen LogP contribution >= 0.6 is 0 Å². The van der Waals surface area contributed by atoms with Gasteiger partial charge in [0.2, 0.25) is 0 Å². The number of carboxylic acid groups (broad SMARTS) is 1. The quantitative estimate of drug-likeness (QED) is 0.579. The predicted octanol–water partition coefficient (Wildman–Crippen LogP) is -0.674. The maximum absolute atomic E-state index is 13.4. The van der Waals surface area contributed by atoms with Crippen LogP contribution in [0.15, 0.2) is 0 Å². The van der Waals surface area contributed by atoms with E-state index in [-0.39, 0.29) is 88.4 Å². The van der Waals surface area contributed by atoms with Gasteiger partial charge in [0, 0.05) is 23.7 Å². The van der Waals surface area contributed by atoms with E-state index in [1.165, 1.54) is 0 Å². The number of ketones is 1. The number of fused-ring (bicyclic) bond motifs is 5. The summed E-state index contributed by atoms with van der Waals surface area (Å²) in [6.45, 7) is 6.57. The zero-order chi connectivity index (χ0) is 21.1. The van der Waals surface area contributed by atoms with Crippen LogP contribution in [0, 0.1) is 46.3 Å². The second-order valence-electron chi connectivity index (χ2n) is 11.2. The first-order valence-corrected chi connectivity index (χ1v) is 11.7. The molecule has 5 nitrogen and oxygen atoms in total. The maximum Gasteiger partial charge on any atom is 1.00 e. The third-order valence-electron chi connectivity index (χ3n) is 10.1. The van der Waals surface area contributed by atoms with Crippen molar-refractivity contribution < 1.29 is 54.5 Å². The topological polar surface area (TPSA) is 97.7 Å².